The fourth-order valence-electron chi connectivity index (χ4n) is 1.56. The second-order valence-electron chi connectivity index (χ2n) is 3.81. The van der Waals surface area contributed by atoms with Gasteiger partial charge in [-0.25, -0.2) is 0 Å². The molecule has 0 aliphatic heterocycles. The average molecular weight is 241 g/mol. The van der Waals surface area contributed by atoms with Crippen LogP contribution in [0.5, 0.6) is 11.5 Å². The fraction of sp³-hybridized carbons (Fsp3) is 0.417. The van der Waals surface area contributed by atoms with E-state index in [-0.39, 0.29) is 6.10 Å². The summed E-state index contributed by atoms with van der Waals surface area (Å²) in [7, 11) is 1.56. The molecule has 0 spiro atoms. The summed E-state index contributed by atoms with van der Waals surface area (Å²) in [5.74, 6) is 1.17. The van der Waals surface area contributed by atoms with Crippen molar-refractivity contribution in [3.63, 3.8) is 0 Å². The average Bonchev–Trinajstić information content (AvgIpc) is 2.24. The van der Waals surface area contributed by atoms with Gasteiger partial charge in [-0.1, -0.05) is 11.6 Å². The van der Waals surface area contributed by atoms with E-state index in [0.29, 0.717) is 22.1 Å². The Bertz CT molecular complexity index is 399. The molecule has 0 saturated heterocycles. The van der Waals surface area contributed by atoms with Crippen LogP contribution in [-0.4, -0.2) is 19.5 Å². The van der Waals surface area contributed by atoms with E-state index < -0.39 is 0 Å². The molecular weight excluding hydrogens is 228 g/mol. The lowest BCUT2D eigenvalue weighted by atomic mass is 9.96. The van der Waals surface area contributed by atoms with E-state index in [1.165, 1.54) is 6.42 Å². The Kier molecular flexibility index (Phi) is 3.34. The Labute approximate surface area is 99.3 Å². The summed E-state index contributed by atoms with van der Waals surface area (Å²) >= 11 is 5.90. The molecule has 0 radical (unpaired) electrons. The molecular formula is C12H13ClO3. The first kappa shape index (κ1) is 11.3. The zero-order chi connectivity index (χ0) is 11.5. The summed E-state index contributed by atoms with van der Waals surface area (Å²) in [6.07, 6.45) is 4.27. The molecule has 1 aliphatic rings. The Morgan fingerprint density at radius 3 is 2.62 bits per heavy atom. The predicted octanol–water partition coefficient (Wildman–Crippen LogP) is 3.09. The van der Waals surface area contributed by atoms with Crippen LogP contribution in [0.25, 0.3) is 0 Å². The van der Waals surface area contributed by atoms with Gasteiger partial charge in [-0.15, -0.1) is 0 Å². The second kappa shape index (κ2) is 4.74. The largest absolute Gasteiger partial charge is 0.493 e. The third-order valence-corrected chi connectivity index (χ3v) is 3.08. The molecule has 1 saturated carbocycles. The quantitative estimate of drug-likeness (QED) is 0.759. The minimum absolute atomic E-state index is 0.245. The molecule has 16 heavy (non-hydrogen) atoms. The molecule has 4 heteroatoms. The Morgan fingerprint density at radius 1 is 1.38 bits per heavy atom. The summed E-state index contributed by atoms with van der Waals surface area (Å²) in [4.78, 5) is 10.8. The zero-order valence-electron chi connectivity index (χ0n) is 9.03. The zero-order valence-corrected chi connectivity index (χ0v) is 9.79. The van der Waals surface area contributed by atoms with Gasteiger partial charge in [0, 0.05) is 11.6 Å². The molecule has 0 unspecified atom stereocenters. The van der Waals surface area contributed by atoms with Gasteiger partial charge in [0.15, 0.2) is 17.8 Å². The summed E-state index contributed by atoms with van der Waals surface area (Å²) in [6, 6.07) is 3.24. The number of benzene rings is 1. The van der Waals surface area contributed by atoms with E-state index in [4.69, 9.17) is 21.1 Å². The first-order valence-corrected chi connectivity index (χ1v) is 5.61. The van der Waals surface area contributed by atoms with Crippen LogP contribution in [0.2, 0.25) is 5.02 Å². The minimum atomic E-state index is 0.245. The van der Waals surface area contributed by atoms with Crippen LogP contribution in [0.3, 0.4) is 0 Å². The number of aldehydes is 1. The highest BCUT2D eigenvalue weighted by Gasteiger charge is 2.21. The number of methoxy groups -OCH3 is 1. The summed E-state index contributed by atoms with van der Waals surface area (Å²) in [6.45, 7) is 0. The highest BCUT2D eigenvalue weighted by atomic mass is 35.5. The van der Waals surface area contributed by atoms with Gasteiger partial charge in [-0.2, -0.15) is 0 Å². The van der Waals surface area contributed by atoms with Crippen molar-refractivity contribution in [3.8, 4) is 11.5 Å². The number of carbonyl (C=O) groups is 1. The maximum absolute atomic E-state index is 10.8. The van der Waals surface area contributed by atoms with Crippen molar-refractivity contribution < 1.29 is 14.3 Å². The molecule has 1 aromatic carbocycles. The van der Waals surface area contributed by atoms with E-state index in [2.05, 4.69) is 0 Å². The molecule has 3 nitrogen and oxygen atoms in total. The molecule has 2 rings (SSSR count). The number of hydrogen-bond donors (Lipinski definition) is 0. The molecule has 1 fully saturated rings. The van der Waals surface area contributed by atoms with Crippen molar-refractivity contribution in [2.45, 2.75) is 25.4 Å². The third kappa shape index (κ3) is 2.14. The van der Waals surface area contributed by atoms with Crippen LogP contribution in [0.4, 0.5) is 0 Å². The summed E-state index contributed by atoms with van der Waals surface area (Å²) < 4.78 is 10.9. The first-order valence-electron chi connectivity index (χ1n) is 5.24. The van der Waals surface area contributed by atoms with Crippen molar-refractivity contribution in [3.05, 3.63) is 22.7 Å². The van der Waals surface area contributed by atoms with Gasteiger partial charge in [-0.3, -0.25) is 4.79 Å². The molecule has 1 aliphatic carbocycles. The van der Waals surface area contributed by atoms with Crippen molar-refractivity contribution >= 4 is 17.9 Å². The molecule has 0 bridgehead atoms. The van der Waals surface area contributed by atoms with Crippen LogP contribution in [0, 0.1) is 0 Å². The first-order chi connectivity index (χ1) is 7.74. The van der Waals surface area contributed by atoms with Crippen LogP contribution in [0.15, 0.2) is 12.1 Å². The predicted molar refractivity (Wildman–Crippen MR) is 61.7 cm³/mol. The van der Waals surface area contributed by atoms with Gasteiger partial charge in [0.1, 0.15) is 0 Å². The lowest BCUT2D eigenvalue weighted by molar-refractivity contribution is 0.111. The van der Waals surface area contributed by atoms with Gasteiger partial charge in [0.25, 0.3) is 0 Å². The van der Waals surface area contributed by atoms with Crippen LogP contribution in [-0.2, 0) is 0 Å². The number of halogens is 1. The number of carbonyl (C=O) groups excluding carboxylic acids is 1. The molecule has 0 N–H and O–H groups in total. The van der Waals surface area contributed by atoms with E-state index in [9.17, 15) is 4.79 Å². The van der Waals surface area contributed by atoms with E-state index >= 15 is 0 Å². The lowest BCUT2D eigenvalue weighted by Gasteiger charge is -2.27. The smallest absolute Gasteiger partial charge is 0.162 e. The Morgan fingerprint density at radius 2 is 2.12 bits per heavy atom. The SMILES string of the molecule is COc1cc(Cl)c(C=O)cc1OC1CCC1. The third-order valence-electron chi connectivity index (χ3n) is 2.76. The van der Waals surface area contributed by atoms with E-state index in [0.717, 1.165) is 19.1 Å². The van der Waals surface area contributed by atoms with Crippen LogP contribution >= 0.6 is 11.6 Å². The highest BCUT2D eigenvalue weighted by molar-refractivity contribution is 6.33. The number of ether oxygens (including phenoxy) is 2. The molecule has 0 aromatic heterocycles. The van der Waals surface area contributed by atoms with Gasteiger partial charge in [-0.05, 0) is 25.3 Å². The maximum atomic E-state index is 10.8. The Hall–Kier alpha value is -1.22. The lowest BCUT2D eigenvalue weighted by Crippen LogP contribution is -2.24. The number of rotatable bonds is 4. The topological polar surface area (TPSA) is 35.5 Å². The monoisotopic (exact) mass is 240 g/mol. The van der Waals surface area contributed by atoms with Crippen LogP contribution in [0.1, 0.15) is 29.6 Å². The van der Waals surface area contributed by atoms with E-state index in [1.54, 1.807) is 19.2 Å². The van der Waals surface area contributed by atoms with Gasteiger partial charge < -0.3 is 9.47 Å². The van der Waals surface area contributed by atoms with Gasteiger partial charge in [0.05, 0.1) is 18.2 Å². The maximum Gasteiger partial charge on any atom is 0.162 e. The van der Waals surface area contributed by atoms with Crippen molar-refractivity contribution in [2.24, 2.45) is 0 Å². The van der Waals surface area contributed by atoms with Crippen LogP contribution < -0.4 is 9.47 Å². The Balaban J connectivity index is 2.28. The minimum Gasteiger partial charge on any atom is -0.493 e. The summed E-state index contributed by atoms with van der Waals surface area (Å²) in [5.41, 5.74) is 0.428. The fourth-order valence-corrected chi connectivity index (χ4v) is 1.76. The van der Waals surface area contributed by atoms with Crippen molar-refractivity contribution in [1.29, 1.82) is 0 Å². The van der Waals surface area contributed by atoms with Crippen molar-refractivity contribution in [1.82, 2.24) is 0 Å². The van der Waals surface area contributed by atoms with Gasteiger partial charge in [0.2, 0.25) is 0 Å². The molecule has 1 aromatic rings. The molecule has 0 atom stereocenters. The molecule has 0 heterocycles. The number of hydrogen-bond acceptors (Lipinski definition) is 3. The second-order valence-corrected chi connectivity index (χ2v) is 4.22. The van der Waals surface area contributed by atoms with Gasteiger partial charge >= 0.3 is 0 Å². The van der Waals surface area contributed by atoms with E-state index in [1.807, 2.05) is 0 Å². The molecule has 86 valence electrons. The summed E-state index contributed by atoms with van der Waals surface area (Å²) in [5, 5.41) is 0.382. The molecule has 0 amide bonds. The standard InChI is InChI=1S/C12H13ClO3/c1-15-11-6-10(13)8(7-14)5-12(11)16-9-3-2-4-9/h5-7,9H,2-4H2,1H3. The highest BCUT2D eigenvalue weighted by Crippen LogP contribution is 2.35. The normalized spacial score (nSPS) is 15.4. The van der Waals surface area contributed by atoms with Crippen molar-refractivity contribution in [2.75, 3.05) is 7.11 Å².